The maximum absolute atomic E-state index is 12.2. The summed E-state index contributed by atoms with van der Waals surface area (Å²) in [6.07, 6.45) is 3.73. The molecule has 2 N–H and O–H groups in total. The van der Waals surface area contributed by atoms with Crippen molar-refractivity contribution in [3.8, 4) is 5.75 Å². The number of hydrogen-bond acceptors (Lipinski definition) is 7. The van der Waals surface area contributed by atoms with Crippen LogP contribution in [0.1, 0.15) is 31.0 Å². The molecule has 0 saturated heterocycles. The summed E-state index contributed by atoms with van der Waals surface area (Å²) < 4.78 is 0. The Kier molecular flexibility index (Phi) is 8.10. The molecule has 0 unspecified atom stereocenters. The minimum absolute atomic E-state index is 0.116. The van der Waals surface area contributed by atoms with E-state index in [0.717, 1.165) is 45.2 Å². The number of nitrogens with zero attached hydrogens (tertiary/aromatic N) is 3. The van der Waals surface area contributed by atoms with Gasteiger partial charge in [0.2, 0.25) is 5.91 Å². The number of phenolic OH excluding ortho intramolecular Hbond substituents is 1. The Hall–Kier alpha value is -2.58. The van der Waals surface area contributed by atoms with E-state index in [9.17, 15) is 9.90 Å². The van der Waals surface area contributed by atoms with Gasteiger partial charge in [-0.25, -0.2) is 15.4 Å². The number of unbranched alkanes of at least 4 members (excludes halogenated alkanes) is 1. The molecule has 3 rings (SSSR count). The zero-order valence-electron chi connectivity index (χ0n) is 17.0. The number of phenols is 1. The van der Waals surface area contributed by atoms with Crippen molar-refractivity contribution in [3.05, 3.63) is 53.7 Å². The van der Waals surface area contributed by atoms with Gasteiger partial charge >= 0.3 is 0 Å². The molecule has 3 aromatic rings. The average Bonchev–Trinajstić information content (AvgIpc) is 2.74. The number of hydrogen-bond donors (Lipinski definition) is 2. The highest BCUT2D eigenvalue weighted by atomic mass is 32.2. The number of thioether (sulfide) groups is 2. The van der Waals surface area contributed by atoms with Crippen molar-refractivity contribution >= 4 is 46.4 Å². The third kappa shape index (κ3) is 6.21. The highest BCUT2D eigenvalue weighted by molar-refractivity contribution is 8.00. The number of aryl methyl sites for hydroxylation is 1. The van der Waals surface area contributed by atoms with Crippen LogP contribution in [0.2, 0.25) is 0 Å². The Morgan fingerprint density at radius 3 is 2.87 bits per heavy atom. The second kappa shape index (κ2) is 11.0. The molecule has 0 aliphatic rings. The van der Waals surface area contributed by atoms with Crippen LogP contribution in [0.3, 0.4) is 0 Å². The topological polar surface area (TPSA) is 87.5 Å². The van der Waals surface area contributed by atoms with E-state index in [1.807, 2.05) is 43.3 Å². The molecule has 1 heterocycles. The predicted molar refractivity (Wildman–Crippen MR) is 124 cm³/mol. The fourth-order valence-electron chi connectivity index (χ4n) is 2.72. The summed E-state index contributed by atoms with van der Waals surface area (Å²) in [5.41, 5.74) is 3.97. The second-order valence-electron chi connectivity index (χ2n) is 6.63. The number of aromatic hydroxyl groups is 1. The highest BCUT2D eigenvalue weighted by Crippen LogP contribution is 2.25. The van der Waals surface area contributed by atoms with Gasteiger partial charge in [-0.1, -0.05) is 67.2 Å². The van der Waals surface area contributed by atoms with Crippen molar-refractivity contribution in [1.82, 2.24) is 15.4 Å². The Morgan fingerprint density at radius 2 is 2.03 bits per heavy atom. The third-order valence-electron chi connectivity index (χ3n) is 4.22. The van der Waals surface area contributed by atoms with E-state index in [2.05, 4.69) is 27.4 Å². The van der Waals surface area contributed by atoms with Gasteiger partial charge in [0, 0.05) is 17.0 Å². The lowest BCUT2D eigenvalue weighted by Gasteiger charge is -2.06. The minimum atomic E-state index is -0.243. The number of hydrazone groups is 1. The van der Waals surface area contributed by atoms with Crippen molar-refractivity contribution in [1.29, 1.82) is 0 Å². The molecule has 1 aromatic heterocycles. The van der Waals surface area contributed by atoms with Gasteiger partial charge in [0.25, 0.3) is 0 Å². The maximum atomic E-state index is 12.2. The first-order valence-corrected chi connectivity index (χ1v) is 11.7. The van der Waals surface area contributed by atoms with E-state index in [0.29, 0.717) is 5.56 Å². The van der Waals surface area contributed by atoms with Crippen LogP contribution < -0.4 is 5.43 Å². The van der Waals surface area contributed by atoms with Crippen LogP contribution in [0.25, 0.3) is 10.8 Å². The molecule has 0 aliphatic carbocycles. The minimum Gasteiger partial charge on any atom is -0.507 e. The van der Waals surface area contributed by atoms with Crippen LogP contribution in [0, 0.1) is 6.92 Å². The Morgan fingerprint density at radius 1 is 1.20 bits per heavy atom. The molecule has 0 saturated carbocycles. The van der Waals surface area contributed by atoms with Crippen LogP contribution in [0.4, 0.5) is 0 Å². The van der Waals surface area contributed by atoms with Crippen LogP contribution in [0.15, 0.2) is 57.7 Å². The number of benzene rings is 2. The van der Waals surface area contributed by atoms with E-state index in [-0.39, 0.29) is 17.4 Å². The lowest BCUT2D eigenvalue weighted by Crippen LogP contribution is -2.19. The number of carbonyl (C=O) groups excluding carboxylic acids is 1. The molecule has 6 nitrogen and oxygen atoms in total. The lowest BCUT2D eigenvalue weighted by atomic mass is 10.0. The summed E-state index contributed by atoms with van der Waals surface area (Å²) in [5, 5.41) is 17.5. The van der Waals surface area contributed by atoms with Gasteiger partial charge in [0.1, 0.15) is 10.8 Å². The molecule has 1 amide bonds. The average molecular weight is 441 g/mol. The standard InChI is InChI=1S/C22H24N4O2S2/c1-3-4-11-29-22-24-15(2)12-21(25-22)30-14-20(28)26-23-13-18-17-8-6-5-7-16(17)9-10-19(18)27/h5-10,12-13,27H,3-4,11,14H2,1-2H3,(H,26,28)/b23-13-. The van der Waals surface area contributed by atoms with Crippen molar-refractivity contribution in [3.63, 3.8) is 0 Å². The lowest BCUT2D eigenvalue weighted by molar-refractivity contribution is -0.118. The second-order valence-corrected chi connectivity index (χ2v) is 8.69. The molecule has 30 heavy (non-hydrogen) atoms. The number of nitrogens with one attached hydrogen (secondary N) is 1. The molecule has 2 aromatic carbocycles. The fourth-order valence-corrected chi connectivity index (χ4v) is 4.51. The number of aromatic nitrogens is 2. The zero-order valence-corrected chi connectivity index (χ0v) is 18.6. The van der Waals surface area contributed by atoms with Crippen molar-refractivity contribution in [2.45, 2.75) is 36.9 Å². The van der Waals surface area contributed by atoms with Gasteiger partial charge in [-0.05, 0) is 36.2 Å². The fraction of sp³-hybridized carbons (Fsp3) is 0.273. The molecule has 0 fully saturated rings. The molecular formula is C22H24N4O2S2. The van der Waals surface area contributed by atoms with E-state index in [1.165, 1.54) is 18.0 Å². The van der Waals surface area contributed by atoms with Gasteiger partial charge in [-0.2, -0.15) is 5.10 Å². The summed E-state index contributed by atoms with van der Waals surface area (Å²) in [7, 11) is 0. The summed E-state index contributed by atoms with van der Waals surface area (Å²) in [5.74, 6) is 1.05. The number of carbonyl (C=O) groups is 1. The van der Waals surface area contributed by atoms with Crippen molar-refractivity contribution in [2.24, 2.45) is 5.10 Å². The normalized spacial score (nSPS) is 11.3. The van der Waals surface area contributed by atoms with E-state index >= 15 is 0 Å². The van der Waals surface area contributed by atoms with Crippen LogP contribution in [-0.4, -0.2) is 38.7 Å². The molecule has 0 bridgehead atoms. The van der Waals surface area contributed by atoms with Crippen LogP contribution in [-0.2, 0) is 4.79 Å². The summed E-state index contributed by atoms with van der Waals surface area (Å²) in [4.78, 5) is 21.1. The summed E-state index contributed by atoms with van der Waals surface area (Å²) >= 11 is 2.99. The molecular weight excluding hydrogens is 416 g/mol. The van der Waals surface area contributed by atoms with Gasteiger partial charge in [-0.15, -0.1) is 0 Å². The van der Waals surface area contributed by atoms with E-state index < -0.39 is 0 Å². The molecule has 0 atom stereocenters. The molecule has 0 spiro atoms. The van der Waals surface area contributed by atoms with E-state index in [4.69, 9.17) is 0 Å². The van der Waals surface area contributed by atoms with Gasteiger partial charge in [0.15, 0.2) is 5.16 Å². The third-order valence-corrected chi connectivity index (χ3v) is 6.07. The quantitative estimate of drug-likeness (QED) is 0.124. The van der Waals surface area contributed by atoms with E-state index in [1.54, 1.807) is 17.8 Å². The smallest absolute Gasteiger partial charge is 0.250 e. The number of fused-ring (bicyclic) bond motifs is 1. The predicted octanol–water partition coefficient (Wildman–Crippen LogP) is 4.78. The van der Waals surface area contributed by atoms with Crippen LogP contribution in [0.5, 0.6) is 5.75 Å². The Bertz CT molecular complexity index is 1060. The summed E-state index contributed by atoms with van der Waals surface area (Å²) in [6, 6.07) is 13.0. The molecule has 8 heteroatoms. The first kappa shape index (κ1) is 22.1. The molecule has 0 radical (unpaired) electrons. The van der Waals surface area contributed by atoms with Gasteiger partial charge < -0.3 is 5.11 Å². The zero-order chi connectivity index (χ0) is 21.3. The Balaban J connectivity index is 1.58. The maximum Gasteiger partial charge on any atom is 0.250 e. The molecule has 156 valence electrons. The van der Waals surface area contributed by atoms with Crippen molar-refractivity contribution < 1.29 is 9.90 Å². The monoisotopic (exact) mass is 440 g/mol. The van der Waals surface area contributed by atoms with Crippen molar-refractivity contribution in [2.75, 3.05) is 11.5 Å². The van der Waals surface area contributed by atoms with Gasteiger partial charge in [-0.3, -0.25) is 4.79 Å². The number of amides is 1. The Labute approximate surface area is 184 Å². The largest absolute Gasteiger partial charge is 0.507 e. The summed E-state index contributed by atoms with van der Waals surface area (Å²) in [6.45, 7) is 4.08. The van der Waals surface area contributed by atoms with Crippen LogP contribution >= 0.6 is 23.5 Å². The highest BCUT2D eigenvalue weighted by Gasteiger charge is 2.08. The number of rotatable bonds is 9. The van der Waals surface area contributed by atoms with Gasteiger partial charge in [0.05, 0.1) is 12.0 Å². The SMILES string of the molecule is CCCCSc1nc(C)cc(SCC(=O)N/N=C\c2c(O)ccc3ccccc23)n1. The first-order chi connectivity index (χ1) is 14.6. The first-order valence-electron chi connectivity index (χ1n) is 9.70. The molecule has 0 aliphatic heterocycles.